The summed E-state index contributed by atoms with van der Waals surface area (Å²) in [6.07, 6.45) is 2.40. The van der Waals surface area contributed by atoms with Crippen LogP contribution in [0.2, 0.25) is 0 Å². The summed E-state index contributed by atoms with van der Waals surface area (Å²) in [6.45, 7) is 5.80. The summed E-state index contributed by atoms with van der Waals surface area (Å²) in [6, 6.07) is 10.8. The highest BCUT2D eigenvalue weighted by Crippen LogP contribution is 2.34. The summed E-state index contributed by atoms with van der Waals surface area (Å²) in [5.74, 6) is 0. The zero-order valence-electron chi connectivity index (χ0n) is 9.49. The van der Waals surface area contributed by atoms with E-state index in [0.29, 0.717) is 0 Å². The second-order valence-corrected chi connectivity index (χ2v) is 6.48. The van der Waals surface area contributed by atoms with Gasteiger partial charge in [0.05, 0.1) is 4.87 Å². The Hall–Kier alpha value is -0.470. The van der Waals surface area contributed by atoms with E-state index < -0.39 is 0 Å². The molecular formula is C13H19NS. The maximum atomic E-state index is 3.64. The molecule has 1 aliphatic heterocycles. The molecule has 0 bridgehead atoms. The molecule has 1 fully saturated rings. The van der Waals surface area contributed by atoms with E-state index in [9.17, 15) is 0 Å². The van der Waals surface area contributed by atoms with E-state index in [1.54, 1.807) is 0 Å². The Labute approximate surface area is 96.7 Å². The molecule has 1 aliphatic rings. The van der Waals surface area contributed by atoms with Gasteiger partial charge < -0.3 is 5.32 Å². The van der Waals surface area contributed by atoms with Crippen molar-refractivity contribution < 1.29 is 0 Å². The fourth-order valence-electron chi connectivity index (χ4n) is 2.17. The maximum absolute atomic E-state index is 3.64. The van der Waals surface area contributed by atoms with Crippen molar-refractivity contribution in [2.45, 2.75) is 36.8 Å². The molecule has 15 heavy (non-hydrogen) atoms. The van der Waals surface area contributed by atoms with Gasteiger partial charge in [-0.15, -0.1) is 11.8 Å². The van der Waals surface area contributed by atoms with Gasteiger partial charge in [0, 0.05) is 5.25 Å². The van der Waals surface area contributed by atoms with E-state index in [0.717, 1.165) is 18.2 Å². The van der Waals surface area contributed by atoms with E-state index in [4.69, 9.17) is 0 Å². The molecule has 2 heteroatoms. The summed E-state index contributed by atoms with van der Waals surface area (Å²) >= 11 is 2.07. The highest BCUT2D eigenvalue weighted by atomic mass is 32.2. The Morgan fingerprint density at radius 3 is 2.80 bits per heavy atom. The Kier molecular flexibility index (Phi) is 3.37. The first kappa shape index (κ1) is 11.0. The molecule has 0 aliphatic carbocycles. The third-order valence-corrected chi connectivity index (χ3v) is 4.34. The van der Waals surface area contributed by atoms with Gasteiger partial charge in [-0.1, -0.05) is 37.3 Å². The molecule has 1 saturated heterocycles. The predicted octanol–water partition coefficient (Wildman–Crippen LogP) is 3.06. The first-order valence-corrected chi connectivity index (χ1v) is 6.53. The van der Waals surface area contributed by atoms with Crippen molar-refractivity contribution >= 4 is 11.8 Å². The van der Waals surface area contributed by atoms with Gasteiger partial charge in [0.25, 0.3) is 0 Å². The van der Waals surface area contributed by atoms with Crippen LogP contribution in [-0.2, 0) is 6.42 Å². The molecule has 0 spiro atoms. The Morgan fingerprint density at radius 1 is 1.40 bits per heavy atom. The third kappa shape index (κ3) is 2.99. The lowest BCUT2D eigenvalue weighted by Crippen LogP contribution is -2.47. The molecule has 0 radical (unpaired) electrons. The molecule has 2 rings (SSSR count). The van der Waals surface area contributed by atoms with E-state index in [-0.39, 0.29) is 4.87 Å². The second kappa shape index (κ2) is 4.58. The van der Waals surface area contributed by atoms with Crippen molar-refractivity contribution in [1.82, 2.24) is 5.32 Å². The smallest absolute Gasteiger partial charge is 0.0660 e. The monoisotopic (exact) mass is 221 g/mol. The second-order valence-electron chi connectivity index (χ2n) is 4.54. The highest BCUT2D eigenvalue weighted by molar-refractivity contribution is 8.01. The average Bonchev–Trinajstić information content (AvgIpc) is 2.18. The highest BCUT2D eigenvalue weighted by Gasteiger charge is 2.30. The van der Waals surface area contributed by atoms with Crippen LogP contribution in [0, 0.1) is 0 Å². The van der Waals surface area contributed by atoms with Crippen molar-refractivity contribution in [2.24, 2.45) is 0 Å². The lowest BCUT2D eigenvalue weighted by atomic mass is 10.1. The summed E-state index contributed by atoms with van der Waals surface area (Å²) < 4.78 is 0. The van der Waals surface area contributed by atoms with Gasteiger partial charge in [0.2, 0.25) is 0 Å². The van der Waals surface area contributed by atoms with Crippen LogP contribution in [0.1, 0.15) is 25.8 Å². The van der Waals surface area contributed by atoms with Crippen molar-refractivity contribution in [1.29, 1.82) is 0 Å². The molecule has 2 unspecified atom stereocenters. The number of benzene rings is 1. The van der Waals surface area contributed by atoms with Crippen LogP contribution >= 0.6 is 11.8 Å². The minimum absolute atomic E-state index is 0.221. The fraction of sp³-hybridized carbons (Fsp3) is 0.538. The minimum atomic E-state index is 0.221. The van der Waals surface area contributed by atoms with Crippen LogP contribution < -0.4 is 5.32 Å². The van der Waals surface area contributed by atoms with Crippen molar-refractivity contribution in [3.63, 3.8) is 0 Å². The van der Waals surface area contributed by atoms with Crippen LogP contribution in [0.25, 0.3) is 0 Å². The van der Waals surface area contributed by atoms with Crippen molar-refractivity contribution in [3.05, 3.63) is 35.9 Å². The van der Waals surface area contributed by atoms with Crippen molar-refractivity contribution in [3.8, 4) is 0 Å². The van der Waals surface area contributed by atoms with Gasteiger partial charge in [-0.05, 0) is 31.9 Å². The van der Waals surface area contributed by atoms with E-state index in [1.807, 2.05) is 0 Å². The third-order valence-electron chi connectivity index (χ3n) is 2.90. The van der Waals surface area contributed by atoms with Crippen molar-refractivity contribution in [2.75, 3.05) is 6.54 Å². The number of thioether (sulfide) groups is 1. The first-order valence-electron chi connectivity index (χ1n) is 5.65. The molecule has 1 aromatic carbocycles. The summed E-state index contributed by atoms with van der Waals surface area (Å²) in [7, 11) is 0. The Bertz CT molecular complexity index is 312. The number of rotatable bonds is 2. The van der Waals surface area contributed by atoms with Gasteiger partial charge in [-0.25, -0.2) is 0 Å². The number of nitrogens with one attached hydrogen (secondary N) is 1. The first-order chi connectivity index (χ1) is 7.18. The lowest BCUT2D eigenvalue weighted by Gasteiger charge is -2.37. The summed E-state index contributed by atoms with van der Waals surface area (Å²) in [5, 5.41) is 4.42. The molecule has 2 atom stereocenters. The molecule has 82 valence electrons. The van der Waals surface area contributed by atoms with Gasteiger partial charge in [0.15, 0.2) is 0 Å². The van der Waals surface area contributed by atoms with Crippen LogP contribution in [0.4, 0.5) is 0 Å². The average molecular weight is 221 g/mol. The molecule has 1 N–H and O–H groups in total. The predicted molar refractivity (Wildman–Crippen MR) is 68.2 cm³/mol. The quantitative estimate of drug-likeness (QED) is 0.823. The van der Waals surface area contributed by atoms with Gasteiger partial charge in [-0.3, -0.25) is 0 Å². The summed E-state index contributed by atoms with van der Waals surface area (Å²) in [4.78, 5) is 0.221. The van der Waals surface area contributed by atoms with Crippen LogP contribution in [0.3, 0.4) is 0 Å². The zero-order chi connectivity index (χ0) is 10.7. The lowest BCUT2D eigenvalue weighted by molar-refractivity contribution is 0.467. The molecular weight excluding hydrogens is 202 g/mol. The van der Waals surface area contributed by atoms with Gasteiger partial charge in [0.1, 0.15) is 0 Å². The van der Waals surface area contributed by atoms with Crippen LogP contribution in [0.5, 0.6) is 0 Å². The number of hydrogen-bond acceptors (Lipinski definition) is 2. The molecule has 0 saturated carbocycles. The van der Waals surface area contributed by atoms with Crippen LogP contribution in [-0.4, -0.2) is 16.7 Å². The zero-order valence-corrected chi connectivity index (χ0v) is 10.3. The molecule has 0 amide bonds. The van der Waals surface area contributed by atoms with E-state index in [2.05, 4.69) is 61.3 Å². The topological polar surface area (TPSA) is 12.0 Å². The minimum Gasteiger partial charge on any atom is -0.303 e. The standard InChI is InChI=1S/C13H19NS/c1-11-8-9-14-13(2,15-11)10-12-6-4-3-5-7-12/h3-7,11,14H,8-10H2,1-2H3. The largest absolute Gasteiger partial charge is 0.303 e. The molecule has 1 nitrogen and oxygen atoms in total. The Morgan fingerprint density at radius 2 is 2.13 bits per heavy atom. The molecule has 1 heterocycles. The normalized spacial score (nSPS) is 31.5. The molecule has 1 aromatic rings. The summed E-state index contributed by atoms with van der Waals surface area (Å²) in [5.41, 5.74) is 1.43. The van der Waals surface area contributed by atoms with Crippen LogP contribution in [0.15, 0.2) is 30.3 Å². The van der Waals surface area contributed by atoms with Gasteiger partial charge >= 0.3 is 0 Å². The maximum Gasteiger partial charge on any atom is 0.0660 e. The molecule has 0 aromatic heterocycles. The fourth-order valence-corrected chi connectivity index (χ4v) is 3.73. The van der Waals surface area contributed by atoms with Gasteiger partial charge in [-0.2, -0.15) is 0 Å². The number of hydrogen-bond donors (Lipinski definition) is 1. The van der Waals surface area contributed by atoms with E-state index in [1.165, 1.54) is 12.0 Å². The SMILES string of the molecule is CC1CCNC(C)(Cc2ccccc2)S1. The Balaban J connectivity index is 2.04. The van der Waals surface area contributed by atoms with E-state index >= 15 is 0 Å².